The fourth-order valence-corrected chi connectivity index (χ4v) is 2.94. The summed E-state index contributed by atoms with van der Waals surface area (Å²) in [5.41, 5.74) is 0.611. The lowest BCUT2D eigenvalue weighted by Crippen LogP contribution is -2.27. The van der Waals surface area contributed by atoms with E-state index in [4.69, 9.17) is 25.8 Å². The third-order valence-corrected chi connectivity index (χ3v) is 3.95. The largest absolute Gasteiger partial charge is 0.493 e. The number of hydrogen-bond donors (Lipinski definition) is 0. The molecule has 0 amide bonds. The van der Waals surface area contributed by atoms with Crippen molar-refractivity contribution in [1.82, 2.24) is 4.57 Å². The Labute approximate surface area is 154 Å². The van der Waals surface area contributed by atoms with E-state index < -0.39 is 11.7 Å². The van der Waals surface area contributed by atoms with Gasteiger partial charge in [0, 0.05) is 16.2 Å². The molecule has 0 radical (unpaired) electrons. The zero-order chi connectivity index (χ0) is 18.1. The zero-order valence-corrected chi connectivity index (χ0v) is 16.5. The first-order valence-electron chi connectivity index (χ1n) is 7.20. The number of methoxy groups -OCH3 is 2. The maximum atomic E-state index is 12.5. The Balaban J connectivity index is 2.56. The van der Waals surface area contributed by atoms with Crippen molar-refractivity contribution in [3.63, 3.8) is 0 Å². The third kappa shape index (κ3) is 3.87. The molecule has 0 N–H and O–H groups in total. The first-order valence-corrected chi connectivity index (χ1v) is 8.37. The van der Waals surface area contributed by atoms with E-state index >= 15 is 0 Å². The number of aromatic nitrogens is 1. The zero-order valence-electron chi connectivity index (χ0n) is 14.1. The van der Waals surface area contributed by atoms with Crippen LogP contribution in [0.25, 0.3) is 11.3 Å². The molecule has 24 heavy (non-hydrogen) atoms. The number of benzene rings is 1. The molecule has 0 fully saturated rings. The van der Waals surface area contributed by atoms with Crippen molar-refractivity contribution < 1.29 is 19.0 Å². The normalized spacial score (nSPS) is 11.3. The van der Waals surface area contributed by atoms with Crippen LogP contribution in [0.15, 0.2) is 28.9 Å². The van der Waals surface area contributed by atoms with Gasteiger partial charge in [0.25, 0.3) is 0 Å². The summed E-state index contributed by atoms with van der Waals surface area (Å²) < 4.78 is 18.1. The molecule has 0 atom stereocenters. The van der Waals surface area contributed by atoms with Gasteiger partial charge in [-0.2, -0.15) is 0 Å². The van der Waals surface area contributed by atoms with Crippen LogP contribution in [-0.2, 0) is 4.74 Å². The molecule has 1 heterocycles. The number of ether oxygens (including phenoxy) is 3. The van der Waals surface area contributed by atoms with Gasteiger partial charge in [0.1, 0.15) is 5.60 Å². The monoisotopic (exact) mass is 415 g/mol. The summed E-state index contributed by atoms with van der Waals surface area (Å²) in [7, 11) is 3.05. The molecular formula is C17H19BrClNO4. The van der Waals surface area contributed by atoms with E-state index in [1.165, 1.54) is 18.8 Å². The maximum Gasteiger partial charge on any atom is 0.419 e. The molecule has 0 saturated heterocycles. The van der Waals surface area contributed by atoms with Gasteiger partial charge < -0.3 is 14.2 Å². The van der Waals surface area contributed by atoms with Crippen molar-refractivity contribution in [1.29, 1.82) is 0 Å². The minimum absolute atomic E-state index is 0.354. The molecule has 5 nitrogen and oxygen atoms in total. The molecule has 2 rings (SSSR count). The molecule has 1 aromatic heterocycles. The predicted molar refractivity (Wildman–Crippen MR) is 97.3 cm³/mol. The van der Waals surface area contributed by atoms with Crippen molar-refractivity contribution in [3.8, 4) is 22.8 Å². The van der Waals surface area contributed by atoms with Crippen molar-refractivity contribution in [3.05, 3.63) is 33.9 Å². The molecule has 0 aliphatic rings. The molecule has 0 saturated carbocycles. The number of nitrogens with zero attached hydrogens (tertiary/aromatic N) is 1. The van der Waals surface area contributed by atoms with Crippen LogP contribution in [0.4, 0.5) is 4.79 Å². The highest BCUT2D eigenvalue weighted by atomic mass is 79.9. The van der Waals surface area contributed by atoms with Crippen LogP contribution in [-0.4, -0.2) is 30.5 Å². The second kappa shape index (κ2) is 7.07. The van der Waals surface area contributed by atoms with Crippen LogP contribution in [0.5, 0.6) is 11.5 Å². The maximum absolute atomic E-state index is 12.5. The van der Waals surface area contributed by atoms with Gasteiger partial charge in [-0.3, -0.25) is 4.57 Å². The quantitative estimate of drug-likeness (QED) is 0.675. The van der Waals surface area contributed by atoms with E-state index in [9.17, 15) is 4.79 Å². The van der Waals surface area contributed by atoms with E-state index in [1.54, 1.807) is 24.4 Å². The number of carbonyl (C=O) groups excluding carboxylic acids is 1. The van der Waals surface area contributed by atoms with E-state index in [1.807, 2.05) is 20.8 Å². The fourth-order valence-electron chi connectivity index (χ4n) is 2.19. The minimum Gasteiger partial charge on any atom is -0.493 e. The lowest BCUT2D eigenvalue weighted by atomic mass is 10.1. The molecule has 0 bridgehead atoms. The van der Waals surface area contributed by atoms with E-state index in [2.05, 4.69) is 15.9 Å². The van der Waals surface area contributed by atoms with Crippen molar-refractivity contribution in [2.75, 3.05) is 14.2 Å². The lowest BCUT2D eigenvalue weighted by Gasteiger charge is -2.21. The van der Waals surface area contributed by atoms with Crippen molar-refractivity contribution in [2.24, 2.45) is 0 Å². The molecule has 0 aliphatic heterocycles. The fraction of sp³-hybridized carbons (Fsp3) is 0.353. The summed E-state index contributed by atoms with van der Waals surface area (Å²) in [4.78, 5) is 12.5. The highest BCUT2D eigenvalue weighted by Crippen LogP contribution is 2.42. The smallest absolute Gasteiger partial charge is 0.419 e. The van der Waals surface area contributed by atoms with Crippen molar-refractivity contribution in [2.45, 2.75) is 26.4 Å². The van der Waals surface area contributed by atoms with E-state index in [0.29, 0.717) is 27.8 Å². The standard InChI is InChI=1S/C17H19BrClNO4/c1-17(2,3)24-16(21)20-9-10(18)8-12(20)11-6-7-13(22-4)15(23-5)14(11)19/h6-9H,1-5H3. The predicted octanol–water partition coefficient (Wildman–Crippen LogP) is 5.37. The first-order chi connectivity index (χ1) is 11.2. The van der Waals surface area contributed by atoms with Crippen LogP contribution in [0.1, 0.15) is 20.8 Å². The van der Waals surface area contributed by atoms with Gasteiger partial charge in [0.05, 0.1) is 24.9 Å². The summed E-state index contributed by atoms with van der Waals surface area (Å²) >= 11 is 9.85. The summed E-state index contributed by atoms with van der Waals surface area (Å²) in [6, 6.07) is 5.30. The Morgan fingerprint density at radius 2 is 1.88 bits per heavy atom. The summed E-state index contributed by atoms with van der Waals surface area (Å²) in [6.07, 6.45) is 1.14. The van der Waals surface area contributed by atoms with Gasteiger partial charge in [-0.05, 0) is 54.9 Å². The Bertz CT molecular complexity index is 765. The number of hydrogen-bond acceptors (Lipinski definition) is 4. The molecule has 130 valence electrons. The van der Waals surface area contributed by atoms with Gasteiger partial charge in [-0.25, -0.2) is 4.79 Å². The SMILES string of the molecule is COc1ccc(-c2cc(Br)cn2C(=O)OC(C)(C)C)c(Cl)c1OC. The van der Waals surface area contributed by atoms with Crippen LogP contribution in [0.2, 0.25) is 5.02 Å². The Morgan fingerprint density at radius 3 is 2.42 bits per heavy atom. The highest BCUT2D eigenvalue weighted by molar-refractivity contribution is 9.10. The molecule has 0 unspecified atom stereocenters. The second-order valence-electron chi connectivity index (χ2n) is 6.06. The van der Waals surface area contributed by atoms with E-state index in [-0.39, 0.29) is 0 Å². The molecule has 7 heteroatoms. The first kappa shape index (κ1) is 18.7. The lowest BCUT2D eigenvalue weighted by molar-refractivity contribution is 0.0540. The molecule has 2 aromatic rings. The minimum atomic E-state index is -0.605. The average Bonchev–Trinajstić information content (AvgIpc) is 2.87. The van der Waals surface area contributed by atoms with Crippen LogP contribution >= 0.6 is 27.5 Å². The highest BCUT2D eigenvalue weighted by Gasteiger charge is 2.23. The van der Waals surface area contributed by atoms with Gasteiger partial charge in [-0.15, -0.1) is 0 Å². The average molecular weight is 417 g/mol. The van der Waals surface area contributed by atoms with Crippen LogP contribution < -0.4 is 9.47 Å². The van der Waals surface area contributed by atoms with Crippen LogP contribution in [0, 0.1) is 0 Å². The van der Waals surface area contributed by atoms with E-state index in [0.717, 1.165) is 4.47 Å². The van der Waals surface area contributed by atoms with Crippen molar-refractivity contribution >= 4 is 33.6 Å². The van der Waals surface area contributed by atoms with Gasteiger partial charge in [-0.1, -0.05) is 11.6 Å². The molecule has 0 spiro atoms. The molecule has 1 aromatic carbocycles. The van der Waals surface area contributed by atoms with Gasteiger partial charge >= 0.3 is 6.09 Å². The molecule has 0 aliphatic carbocycles. The van der Waals surface area contributed by atoms with Crippen LogP contribution in [0.3, 0.4) is 0 Å². The summed E-state index contributed by atoms with van der Waals surface area (Å²) in [5, 5.41) is 0.354. The third-order valence-electron chi connectivity index (χ3n) is 3.14. The van der Waals surface area contributed by atoms with Gasteiger partial charge in [0.2, 0.25) is 0 Å². The Kier molecular flexibility index (Phi) is 5.50. The Hall–Kier alpha value is -1.66. The number of rotatable bonds is 3. The second-order valence-corrected chi connectivity index (χ2v) is 7.35. The Morgan fingerprint density at radius 1 is 1.21 bits per heavy atom. The topological polar surface area (TPSA) is 49.7 Å². The van der Waals surface area contributed by atoms with Gasteiger partial charge in [0.15, 0.2) is 11.5 Å². The summed E-state index contributed by atoms with van der Waals surface area (Å²) in [5.74, 6) is 0.922. The summed E-state index contributed by atoms with van der Waals surface area (Å²) in [6.45, 7) is 5.44. The molecular weight excluding hydrogens is 398 g/mol. The number of carbonyl (C=O) groups is 1. The number of halogens is 2.